The van der Waals surface area contributed by atoms with Crippen molar-refractivity contribution in [2.75, 3.05) is 0 Å². The summed E-state index contributed by atoms with van der Waals surface area (Å²) in [4.78, 5) is 0. The third kappa shape index (κ3) is 3.14. The molecule has 12 heavy (non-hydrogen) atoms. The van der Waals surface area contributed by atoms with E-state index in [1.54, 1.807) is 0 Å². The van der Waals surface area contributed by atoms with E-state index in [1.807, 2.05) is 0 Å². The molecule has 2 N–H and O–H groups in total. The monoisotopic (exact) mass is 169 g/mol. The number of nitrogens with two attached hydrogens (primary N) is 1. The Morgan fingerprint density at radius 3 is 2.33 bits per heavy atom. The largest absolute Gasteiger partial charge is 0.328 e. The van der Waals surface area contributed by atoms with Gasteiger partial charge in [0.05, 0.1) is 0 Å². The van der Waals surface area contributed by atoms with E-state index >= 15 is 0 Å². The van der Waals surface area contributed by atoms with Crippen LogP contribution in [0.1, 0.15) is 52.4 Å². The van der Waals surface area contributed by atoms with Crippen LogP contribution in [-0.2, 0) is 0 Å². The summed E-state index contributed by atoms with van der Waals surface area (Å²) < 4.78 is 0. The molecule has 72 valence electrons. The molecule has 1 fully saturated rings. The molecule has 1 unspecified atom stereocenters. The summed E-state index contributed by atoms with van der Waals surface area (Å²) in [5, 5.41) is 0. The molecule has 0 saturated heterocycles. The number of hydrogen-bond donors (Lipinski definition) is 1. The quantitative estimate of drug-likeness (QED) is 0.690. The zero-order valence-electron chi connectivity index (χ0n) is 8.55. The van der Waals surface area contributed by atoms with E-state index < -0.39 is 0 Å². The van der Waals surface area contributed by atoms with Crippen LogP contribution in [0, 0.1) is 11.8 Å². The summed E-state index contributed by atoms with van der Waals surface area (Å²) >= 11 is 0. The highest BCUT2D eigenvalue weighted by molar-refractivity contribution is 4.75. The molecule has 1 aliphatic carbocycles. The van der Waals surface area contributed by atoms with Gasteiger partial charge in [-0.2, -0.15) is 0 Å². The van der Waals surface area contributed by atoms with E-state index in [1.165, 1.54) is 38.5 Å². The smallest absolute Gasteiger partial charge is 0.00390 e. The van der Waals surface area contributed by atoms with Crippen LogP contribution < -0.4 is 5.73 Å². The fourth-order valence-electron chi connectivity index (χ4n) is 2.16. The first-order chi connectivity index (χ1) is 5.72. The second kappa shape index (κ2) is 4.86. The molecule has 0 spiro atoms. The van der Waals surface area contributed by atoms with Crippen molar-refractivity contribution in [2.45, 2.75) is 58.4 Å². The van der Waals surface area contributed by atoms with Gasteiger partial charge >= 0.3 is 0 Å². The highest BCUT2D eigenvalue weighted by atomic mass is 14.6. The molecule has 1 saturated carbocycles. The topological polar surface area (TPSA) is 26.0 Å². The lowest BCUT2D eigenvalue weighted by molar-refractivity contribution is 0.274. The summed E-state index contributed by atoms with van der Waals surface area (Å²) in [5.41, 5.74) is 5.86. The molecule has 1 atom stereocenters. The van der Waals surface area contributed by atoms with Gasteiger partial charge in [-0.25, -0.2) is 0 Å². The van der Waals surface area contributed by atoms with Gasteiger partial charge in [0.15, 0.2) is 0 Å². The Morgan fingerprint density at radius 1 is 1.25 bits per heavy atom. The van der Waals surface area contributed by atoms with Crippen LogP contribution in [0.2, 0.25) is 0 Å². The molecule has 1 rings (SSSR count). The van der Waals surface area contributed by atoms with Gasteiger partial charge in [0.25, 0.3) is 0 Å². The molecule has 0 bridgehead atoms. The first-order valence-electron chi connectivity index (χ1n) is 5.48. The predicted molar refractivity (Wildman–Crippen MR) is 54.0 cm³/mol. The number of rotatable bonds is 3. The molecule has 1 heteroatoms. The van der Waals surface area contributed by atoms with Crippen molar-refractivity contribution in [3.05, 3.63) is 0 Å². The Morgan fingerprint density at radius 2 is 1.83 bits per heavy atom. The van der Waals surface area contributed by atoms with Crippen molar-refractivity contribution in [1.29, 1.82) is 0 Å². The Kier molecular flexibility index (Phi) is 4.07. The van der Waals surface area contributed by atoms with Crippen LogP contribution in [-0.4, -0.2) is 6.04 Å². The van der Waals surface area contributed by atoms with Gasteiger partial charge in [-0.15, -0.1) is 0 Å². The molecular weight excluding hydrogens is 146 g/mol. The summed E-state index contributed by atoms with van der Waals surface area (Å²) in [6, 6.07) is 0.512. The minimum atomic E-state index is 0.512. The molecule has 0 aromatic rings. The van der Waals surface area contributed by atoms with Crippen LogP contribution >= 0.6 is 0 Å². The van der Waals surface area contributed by atoms with Crippen LogP contribution in [0.4, 0.5) is 0 Å². The van der Waals surface area contributed by atoms with E-state index in [2.05, 4.69) is 13.8 Å². The van der Waals surface area contributed by atoms with Crippen molar-refractivity contribution in [3.63, 3.8) is 0 Å². The molecule has 0 heterocycles. The van der Waals surface area contributed by atoms with E-state index in [9.17, 15) is 0 Å². The van der Waals surface area contributed by atoms with E-state index in [0.29, 0.717) is 6.04 Å². The summed E-state index contributed by atoms with van der Waals surface area (Å²) in [6.45, 7) is 4.66. The maximum absolute atomic E-state index is 5.86. The normalized spacial score (nSPS) is 33.2. The molecule has 0 aliphatic heterocycles. The minimum Gasteiger partial charge on any atom is -0.328 e. The zero-order valence-corrected chi connectivity index (χ0v) is 8.55. The third-order valence-electron chi connectivity index (χ3n) is 3.32. The molecule has 0 aromatic heterocycles. The first-order valence-corrected chi connectivity index (χ1v) is 5.48. The maximum atomic E-state index is 5.86. The van der Waals surface area contributed by atoms with Crippen molar-refractivity contribution < 1.29 is 0 Å². The van der Waals surface area contributed by atoms with Gasteiger partial charge < -0.3 is 5.73 Å². The van der Waals surface area contributed by atoms with Crippen LogP contribution in [0.15, 0.2) is 0 Å². The zero-order chi connectivity index (χ0) is 8.97. The highest BCUT2D eigenvalue weighted by Gasteiger charge is 2.19. The lowest BCUT2D eigenvalue weighted by atomic mass is 9.81. The third-order valence-corrected chi connectivity index (χ3v) is 3.32. The van der Waals surface area contributed by atoms with Gasteiger partial charge in [-0.3, -0.25) is 0 Å². The second-order valence-corrected chi connectivity index (χ2v) is 4.53. The fourth-order valence-corrected chi connectivity index (χ4v) is 2.16. The van der Waals surface area contributed by atoms with Crippen LogP contribution in [0.5, 0.6) is 0 Å². The Balaban J connectivity index is 2.17. The van der Waals surface area contributed by atoms with Crippen molar-refractivity contribution >= 4 is 0 Å². The maximum Gasteiger partial charge on any atom is 0.00390 e. The fraction of sp³-hybridized carbons (Fsp3) is 1.00. The predicted octanol–water partition coefficient (Wildman–Crippen LogP) is 2.94. The average Bonchev–Trinajstić information content (AvgIpc) is 2.09. The molecule has 0 aromatic carbocycles. The van der Waals surface area contributed by atoms with E-state index in [0.717, 1.165) is 11.8 Å². The highest BCUT2D eigenvalue weighted by Crippen LogP contribution is 2.29. The molecule has 0 radical (unpaired) electrons. The molecular formula is C11H23N. The van der Waals surface area contributed by atoms with Crippen molar-refractivity contribution in [2.24, 2.45) is 17.6 Å². The molecule has 1 nitrogen and oxygen atoms in total. The van der Waals surface area contributed by atoms with Gasteiger partial charge in [-0.1, -0.05) is 20.3 Å². The average molecular weight is 169 g/mol. The summed E-state index contributed by atoms with van der Waals surface area (Å²) in [5.74, 6) is 1.91. The van der Waals surface area contributed by atoms with Gasteiger partial charge in [0.1, 0.15) is 0 Å². The van der Waals surface area contributed by atoms with Crippen LogP contribution in [0.25, 0.3) is 0 Å². The van der Waals surface area contributed by atoms with Gasteiger partial charge in [-0.05, 0) is 43.9 Å². The Labute approximate surface area is 76.7 Å². The second-order valence-electron chi connectivity index (χ2n) is 4.53. The first kappa shape index (κ1) is 10.0. The summed E-state index contributed by atoms with van der Waals surface area (Å²) in [6.07, 6.45) is 8.06. The van der Waals surface area contributed by atoms with E-state index in [4.69, 9.17) is 5.73 Å². The Hall–Kier alpha value is -0.0400. The SMILES string of the molecule is CCC(C)CC1CCC(N)CC1. The molecule has 0 amide bonds. The summed E-state index contributed by atoms with van der Waals surface area (Å²) in [7, 11) is 0. The number of hydrogen-bond acceptors (Lipinski definition) is 1. The minimum absolute atomic E-state index is 0.512. The lowest BCUT2D eigenvalue weighted by Crippen LogP contribution is -2.27. The van der Waals surface area contributed by atoms with Crippen molar-refractivity contribution in [1.82, 2.24) is 0 Å². The van der Waals surface area contributed by atoms with Crippen LogP contribution in [0.3, 0.4) is 0 Å². The van der Waals surface area contributed by atoms with Crippen molar-refractivity contribution in [3.8, 4) is 0 Å². The standard InChI is InChI=1S/C11H23N/c1-3-9(2)8-10-4-6-11(12)7-5-10/h9-11H,3-8,12H2,1-2H3. The molecule has 1 aliphatic rings. The Bertz CT molecular complexity index is 114. The lowest BCUT2D eigenvalue weighted by Gasteiger charge is -2.27. The van der Waals surface area contributed by atoms with E-state index in [-0.39, 0.29) is 0 Å². The van der Waals surface area contributed by atoms with Gasteiger partial charge in [0.2, 0.25) is 0 Å². The van der Waals surface area contributed by atoms with Gasteiger partial charge in [0, 0.05) is 6.04 Å².